The highest BCUT2D eigenvalue weighted by atomic mass is 16.3. The Balaban J connectivity index is 0.968. The van der Waals surface area contributed by atoms with E-state index in [1.165, 1.54) is 21.8 Å². The molecule has 0 aliphatic heterocycles. The summed E-state index contributed by atoms with van der Waals surface area (Å²) in [5.74, 6) is 1.70. The van der Waals surface area contributed by atoms with Crippen LogP contribution in [0.4, 0.5) is 0 Å². The topological polar surface area (TPSA) is 74.6 Å². The summed E-state index contributed by atoms with van der Waals surface area (Å²) in [6.07, 6.45) is 1.82. The zero-order valence-corrected chi connectivity index (χ0v) is 33.7. The molecule has 5 heterocycles. The van der Waals surface area contributed by atoms with Crippen molar-refractivity contribution in [3.63, 3.8) is 0 Å². The predicted octanol–water partition coefficient (Wildman–Crippen LogP) is 14.0. The second-order valence-electron chi connectivity index (χ2n) is 15.9. The summed E-state index contributed by atoms with van der Waals surface area (Å²) in [7, 11) is 0. The average Bonchev–Trinajstić information content (AvgIpc) is 4.02. The molecule has 13 rings (SSSR count). The maximum Gasteiger partial charge on any atom is 0.240 e. The Morgan fingerprint density at radius 1 is 0.365 bits per heavy atom. The minimum absolute atomic E-state index is 0.507. The molecule has 294 valence electrons. The highest BCUT2D eigenvalue weighted by Gasteiger charge is 2.21. The molecule has 5 aromatic heterocycles. The lowest BCUT2D eigenvalue weighted by Crippen LogP contribution is -2.06. The summed E-state index contributed by atoms with van der Waals surface area (Å²) in [5, 5.41) is 6.65. The highest BCUT2D eigenvalue weighted by Crippen LogP contribution is 2.42. The number of hydrogen-bond donors (Lipinski definition) is 0. The second-order valence-corrected chi connectivity index (χ2v) is 15.9. The summed E-state index contributed by atoms with van der Waals surface area (Å²) < 4.78 is 11.0. The van der Waals surface area contributed by atoms with Crippen molar-refractivity contribution in [3.05, 3.63) is 206 Å². The lowest BCUT2D eigenvalue weighted by atomic mass is 9.96. The van der Waals surface area contributed by atoms with E-state index in [9.17, 15) is 0 Å². The molecular weight excluding hydrogens is 773 g/mol. The molecule has 0 amide bonds. The van der Waals surface area contributed by atoms with Gasteiger partial charge in [0.15, 0.2) is 11.6 Å². The first-order valence-corrected chi connectivity index (χ1v) is 21.0. The zero-order valence-electron chi connectivity index (χ0n) is 33.7. The van der Waals surface area contributed by atoms with E-state index in [2.05, 4.69) is 143 Å². The van der Waals surface area contributed by atoms with E-state index in [4.69, 9.17) is 24.4 Å². The van der Waals surface area contributed by atoms with E-state index in [1.54, 1.807) is 0 Å². The number of aromatic nitrogens is 6. The molecule has 0 saturated carbocycles. The molecule has 0 aliphatic carbocycles. The van der Waals surface area contributed by atoms with Crippen molar-refractivity contribution in [2.45, 2.75) is 0 Å². The molecule has 0 fully saturated rings. The lowest BCUT2D eigenvalue weighted by molar-refractivity contribution is 0.669. The fraction of sp³-hybridized carbons (Fsp3) is 0. The van der Waals surface area contributed by atoms with Crippen molar-refractivity contribution in [2.75, 3.05) is 0 Å². The summed E-state index contributed by atoms with van der Waals surface area (Å²) in [4.78, 5) is 20.0. The Hall–Kier alpha value is -8.68. The first kappa shape index (κ1) is 35.1. The molecule has 0 saturated heterocycles. The van der Waals surface area contributed by atoms with Crippen LogP contribution in [0, 0.1) is 0 Å². The van der Waals surface area contributed by atoms with Crippen molar-refractivity contribution in [3.8, 4) is 56.7 Å². The zero-order chi connectivity index (χ0) is 41.4. The van der Waals surface area contributed by atoms with Crippen molar-refractivity contribution >= 4 is 65.7 Å². The third-order valence-electron chi connectivity index (χ3n) is 12.2. The van der Waals surface area contributed by atoms with Gasteiger partial charge < -0.3 is 8.98 Å². The first-order valence-electron chi connectivity index (χ1n) is 21.0. The number of rotatable bonds is 6. The molecule has 0 unspecified atom stereocenters. The van der Waals surface area contributed by atoms with Crippen LogP contribution in [0.3, 0.4) is 0 Å². The molecule has 13 aromatic rings. The minimum Gasteiger partial charge on any atom is -0.456 e. The van der Waals surface area contributed by atoms with E-state index in [0.29, 0.717) is 17.6 Å². The molecule has 7 heteroatoms. The van der Waals surface area contributed by atoms with Gasteiger partial charge in [-0.2, -0.15) is 9.97 Å². The van der Waals surface area contributed by atoms with Gasteiger partial charge in [-0.15, -0.1) is 0 Å². The summed E-state index contributed by atoms with van der Waals surface area (Å²) >= 11 is 0. The molecule has 8 aromatic carbocycles. The number of pyridine rings is 1. The maximum absolute atomic E-state index is 6.56. The van der Waals surface area contributed by atoms with Crippen LogP contribution in [-0.2, 0) is 0 Å². The quantitative estimate of drug-likeness (QED) is 0.167. The third kappa shape index (κ3) is 5.60. The van der Waals surface area contributed by atoms with Crippen LogP contribution in [0.25, 0.3) is 122 Å². The number of hydrogen-bond acceptors (Lipinski definition) is 5. The van der Waals surface area contributed by atoms with Crippen LogP contribution < -0.4 is 0 Å². The molecule has 0 bridgehead atoms. The van der Waals surface area contributed by atoms with Crippen LogP contribution in [0.1, 0.15) is 0 Å². The standard InChI is InChI=1S/C56H34N6O/c1-4-14-35(15-5-1)53-58-54(36-16-6-2-7-17-36)60-56(59-53)62-49-29-26-39(34-45(49)43-22-13-31-57-55(43)62)41-21-12-24-51-52(41)46-33-38(27-30-50(46)63-51)37-25-28-48-44(32-37)42-20-10-11-23-47(42)61(48)40-18-8-3-9-19-40/h1-34H. The van der Waals surface area contributed by atoms with Crippen LogP contribution in [-0.4, -0.2) is 29.1 Å². The fourth-order valence-corrected chi connectivity index (χ4v) is 9.37. The van der Waals surface area contributed by atoms with Gasteiger partial charge >= 0.3 is 0 Å². The molecular formula is C56H34N6O. The smallest absolute Gasteiger partial charge is 0.240 e. The number of benzene rings is 8. The number of fused-ring (bicyclic) bond motifs is 9. The number of para-hydroxylation sites is 2. The molecule has 0 aliphatic rings. The van der Waals surface area contributed by atoms with Gasteiger partial charge in [-0.05, 0) is 95.1 Å². The van der Waals surface area contributed by atoms with Crippen LogP contribution in [0.15, 0.2) is 211 Å². The highest BCUT2D eigenvalue weighted by molar-refractivity contribution is 6.16. The van der Waals surface area contributed by atoms with E-state index in [-0.39, 0.29) is 0 Å². The van der Waals surface area contributed by atoms with Crippen LogP contribution in [0.5, 0.6) is 0 Å². The van der Waals surface area contributed by atoms with E-state index >= 15 is 0 Å². The fourth-order valence-electron chi connectivity index (χ4n) is 9.37. The number of nitrogens with zero attached hydrogens (tertiary/aromatic N) is 6. The van der Waals surface area contributed by atoms with Crippen LogP contribution in [0.2, 0.25) is 0 Å². The number of furan rings is 1. The molecule has 0 atom stereocenters. The molecule has 7 nitrogen and oxygen atoms in total. The molecule has 0 spiro atoms. The van der Waals surface area contributed by atoms with Gasteiger partial charge in [0, 0.05) is 55.3 Å². The Kier molecular flexibility index (Phi) is 7.77. The Labute approximate surface area is 360 Å². The van der Waals surface area contributed by atoms with Gasteiger partial charge in [0.1, 0.15) is 16.8 Å². The predicted molar refractivity (Wildman–Crippen MR) is 255 cm³/mol. The van der Waals surface area contributed by atoms with Gasteiger partial charge in [-0.3, -0.25) is 4.57 Å². The van der Waals surface area contributed by atoms with Crippen molar-refractivity contribution in [2.24, 2.45) is 0 Å². The third-order valence-corrected chi connectivity index (χ3v) is 12.2. The Morgan fingerprint density at radius 2 is 0.952 bits per heavy atom. The van der Waals surface area contributed by atoms with Gasteiger partial charge in [-0.25, -0.2) is 9.97 Å². The monoisotopic (exact) mass is 806 g/mol. The average molecular weight is 807 g/mol. The van der Waals surface area contributed by atoms with Crippen molar-refractivity contribution < 1.29 is 4.42 Å². The summed E-state index contributed by atoms with van der Waals surface area (Å²) in [6, 6.07) is 69.8. The Morgan fingerprint density at radius 3 is 1.71 bits per heavy atom. The van der Waals surface area contributed by atoms with Gasteiger partial charge in [0.2, 0.25) is 5.95 Å². The SMILES string of the molecule is c1ccc(-c2nc(-c3ccccc3)nc(-n3c4ccc(-c5cccc6oc7ccc(-c8ccc9c(c8)c8ccccc8n9-c8ccccc8)cc7c56)cc4c4cccnc43)n2)cc1. The largest absolute Gasteiger partial charge is 0.456 e. The van der Waals surface area contributed by atoms with Crippen molar-refractivity contribution in [1.29, 1.82) is 0 Å². The molecule has 0 radical (unpaired) electrons. The van der Waals surface area contributed by atoms with E-state index < -0.39 is 0 Å². The summed E-state index contributed by atoms with van der Waals surface area (Å²) in [5.41, 5.74) is 13.2. The van der Waals surface area contributed by atoms with Gasteiger partial charge in [-0.1, -0.05) is 127 Å². The van der Waals surface area contributed by atoms with Crippen LogP contribution >= 0.6 is 0 Å². The first-order chi connectivity index (χ1) is 31.2. The Bertz CT molecular complexity index is 3850. The maximum atomic E-state index is 6.56. The second kappa shape index (κ2) is 13.9. The molecule has 0 N–H and O–H groups in total. The lowest BCUT2D eigenvalue weighted by Gasteiger charge is -2.11. The van der Waals surface area contributed by atoms with E-state index in [1.807, 2.05) is 72.9 Å². The normalized spacial score (nSPS) is 11.8. The van der Waals surface area contributed by atoms with Gasteiger partial charge in [0.25, 0.3) is 0 Å². The van der Waals surface area contributed by atoms with E-state index in [0.717, 1.165) is 82.9 Å². The van der Waals surface area contributed by atoms with Crippen molar-refractivity contribution in [1.82, 2.24) is 29.1 Å². The minimum atomic E-state index is 0.507. The molecule has 63 heavy (non-hydrogen) atoms. The van der Waals surface area contributed by atoms with Gasteiger partial charge in [0.05, 0.1) is 16.6 Å². The summed E-state index contributed by atoms with van der Waals surface area (Å²) in [6.45, 7) is 0.